The first-order valence-corrected chi connectivity index (χ1v) is 9.40. The van der Waals surface area contributed by atoms with Crippen LogP contribution in [-0.4, -0.2) is 42.5 Å². The molecule has 1 heterocycles. The molecule has 0 saturated carbocycles. The quantitative estimate of drug-likeness (QED) is 0.757. The highest BCUT2D eigenvalue weighted by Gasteiger charge is 2.25. The van der Waals surface area contributed by atoms with Gasteiger partial charge >= 0.3 is 0 Å². The lowest BCUT2D eigenvalue weighted by Gasteiger charge is -2.39. The minimum atomic E-state index is 0.343. The number of piperazine rings is 1. The van der Waals surface area contributed by atoms with E-state index in [4.69, 9.17) is 0 Å². The second-order valence-corrected chi connectivity index (χ2v) is 6.64. The molecule has 1 saturated heterocycles. The molecule has 0 amide bonds. The van der Waals surface area contributed by atoms with Crippen LogP contribution in [0.25, 0.3) is 0 Å². The summed E-state index contributed by atoms with van der Waals surface area (Å²) in [6, 6.07) is 22.1. The Kier molecular flexibility index (Phi) is 6.68. The minimum absolute atomic E-state index is 0.343. The summed E-state index contributed by atoms with van der Waals surface area (Å²) in [5, 5.41) is 0. The second-order valence-electron chi connectivity index (χ2n) is 6.64. The Labute approximate surface area is 152 Å². The van der Waals surface area contributed by atoms with Gasteiger partial charge in [-0.05, 0) is 17.5 Å². The smallest absolute Gasteiger partial charge is 0.0602 e. The van der Waals surface area contributed by atoms with Crippen molar-refractivity contribution >= 4 is 0 Å². The molecule has 3 rings (SSSR count). The van der Waals surface area contributed by atoms with Crippen LogP contribution in [0.15, 0.2) is 60.7 Å². The molecule has 0 N–H and O–H groups in total. The predicted octanol–water partition coefficient (Wildman–Crippen LogP) is 4.20. The van der Waals surface area contributed by atoms with Crippen molar-refractivity contribution in [3.05, 3.63) is 71.8 Å². The van der Waals surface area contributed by atoms with E-state index in [0.29, 0.717) is 6.04 Å². The van der Waals surface area contributed by atoms with Gasteiger partial charge in [0.2, 0.25) is 0 Å². The molecule has 130 valence electrons. The average Bonchev–Trinajstić information content (AvgIpc) is 2.68. The summed E-state index contributed by atoms with van der Waals surface area (Å²) < 4.78 is 0. The van der Waals surface area contributed by atoms with Gasteiger partial charge in [0.15, 0.2) is 0 Å². The van der Waals surface area contributed by atoms with Gasteiger partial charge < -0.3 is 0 Å². The molecule has 1 aliphatic rings. The highest BCUT2D eigenvalue weighted by molar-refractivity contribution is 5.32. The van der Waals surface area contributed by atoms with E-state index in [2.05, 4.69) is 89.2 Å². The summed E-state index contributed by atoms with van der Waals surface area (Å²) in [5.41, 5.74) is 2.76. The third-order valence-corrected chi connectivity index (χ3v) is 4.81. The summed E-state index contributed by atoms with van der Waals surface area (Å²) in [5.74, 6) is 6.58. The first-order valence-electron chi connectivity index (χ1n) is 9.40. The van der Waals surface area contributed by atoms with Crippen molar-refractivity contribution in [3.8, 4) is 11.8 Å². The van der Waals surface area contributed by atoms with E-state index >= 15 is 0 Å². The van der Waals surface area contributed by atoms with E-state index in [-0.39, 0.29) is 0 Å². The Morgan fingerprint density at radius 2 is 1.36 bits per heavy atom. The lowest BCUT2D eigenvalue weighted by Crippen LogP contribution is -2.47. The maximum absolute atomic E-state index is 3.32. The normalized spacial score (nSPS) is 15.8. The number of hydrogen-bond acceptors (Lipinski definition) is 2. The van der Waals surface area contributed by atoms with Crippen molar-refractivity contribution in [1.29, 1.82) is 0 Å². The van der Waals surface area contributed by atoms with Gasteiger partial charge in [-0.15, -0.1) is 5.92 Å². The van der Waals surface area contributed by atoms with Crippen LogP contribution in [0, 0.1) is 11.8 Å². The van der Waals surface area contributed by atoms with Gasteiger partial charge in [-0.2, -0.15) is 0 Å². The zero-order valence-corrected chi connectivity index (χ0v) is 15.2. The van der Waals surface area contributed by atoms with Crippen LogP contribution in [-0.2, 0) is 0 Å². The fourth-order valence-electron chi connectivity index (χ4n) is 3.45. The number of benzene rings is 2. The predicted molar refractivity (Wildman–Crippen MR) is 105 cm³/mol. The van der Waals surface area contributed by atoms with Crippen LogP contribution in [0.3, 0.4) is 0 Å². The van der Waals surface area contributed by atoms with Crippen LogP contribution >= 0.6 is 0 Å². The molecule has 0 spiro atoms. The highest BCUT2D eigenvalue weighted by Crippen LogP contribution is 2.29. The molecule has 1 aliphatic heterocycles. The third kappa shape index (κ3) is 4.95. The van der Waals surface area contributed by atoms with Crippen molar-refractivity contribution in [2.24, 2.45) is 0 Å². The molecule has 25 heavy (non-hydrogen) atoms. The highest BCUT2D eigenvalue weighted by atomic mass is 15.3. The van der Waals surface area contributed by atoms with Gasteiger partial charge in [0.25, 0.3) is 0 Å². The van der Waals surface area contributed by atoms with Gasteiger partial charge in [-0.25, -0.2) is 0 Å². The molecule has 0 aromatic heterocycles. The Balaban J connectivity index is 1.69. The molecule has 0 radical (unpaired) electrons. The van der Waals surface area contributed by atoms with Gasteiger partial charge in [0.05, 0.1) is 12.6 Å². The van der Waals surface area contributed by atoms with Crippen LogP contribution in [0.4, 0.5) is 0 Å². The van der Waals surface area contributed by atoms with Crippen LogP contribution in [0.2, 0.25) is 0 Å². The Hall–Kier alpha value is -2.08. The molecule has 0 unspecified atom stereocenters. The van der Waals surface area contributed by atoms with Gasteiger partial charge in [0.1, 0.15) is 0 Å². The Bertz CT molecular complexity index is 637. The Morgan fingerprint density at radius 1 is 0.800 bits per heavy atom. The van der Waals surface area contributed by atoms with Crippen LogP contribution < -0.4 is 0 Å². The van der Waals surface area contributed by atoms with Crippen molar-refractivity contribution in [1.82, 2.24) is 9.80 Å². The van der Waals surface area contributed by atoms with Crippen LogP contribution in [0.5, 0.6) is 0 Å². The molecular weight excluding hydrogens is 304 g/mol. The number of hydrogen-bond donors (Lipinski definition) is 0. The Morgan fingerprint density at radius 3 is 1.88 bits per heavy atom. The molecule has 2 heteroatoms. The summed E-state index contributed by atoms with van der Waals surface area (Å²) >= 11 is 0. The summed E-state index contributed by atoms with van der Waals surface area (Å²) in [7, 11) is 0. The maximum atomic E-state index is 3.32. The molecule has 0 bridgehead atoms. The molecule has 2 aromatic rings. The SMILES string of the molecule is CCCC#CCN1CCN(C(c2ccccc2)c2ccccc2)CC1. The summed E-state index contributed by atoms with van der Waals surface area (Å²) in [6.45, 7) is 7.46. The lowest BCUT2D eigenvalue weighted by molar-refractivity contribution is 0.119. The van der Waals surface area contributed by atoms with Gasteiger partial charge in [-0.3, -0.25) is 9.80 Å². The molecule has 1 fully saturated rings. The second kappa shape index (κ2) is 9.42. The van der Waals surface area contributed by atoms with Crippen LogP contribution in [0.1, 0.15) is 36.9 Å². The summed E-state index contributed by atoms with van der Waals surface area (Å²) in [4.78, 5) is 5.09. The molecule has 2 nitrogen and oxygen atoms in total. The zero-order valence-electron chi connectivity index (χ0n) is 15.2. The fourth-order valence-corrected chi connectivity index (χ4v) is 3.45. The van der Waals surface area contributed by atoms with Gasteiger partial charge in [-0.1, -0.05) is 73.5 Å². The zero-order chi connectivity index (χ0) is 17.3. The number of rotatable bonds is 5. The lowest BCUT2D eigenvalue weighted by atomic mass is 9.96. The van der Waals surface area contributed by atoms with E-state index in [1.807, 2.05) is 0 Å². The maximum Gasteiger partial charge on any atom is 0.0602 e. The number of unbranched alkanes of at least 4 members (excludes halogenated alkanes) is 1. The van der Waals surface area contributed by atoms with E-state index < -0.39 is 0 Å². The van der Waals surface area contributed by atoms with E-state index in [0.717, 1.165) is 45.6 Å². The van der Waals surface area contributed by atoms with Crippen molar-refractivity contribution in [2.75, 3.05) is 32.7 Å². The number of nitrogens with zero attached hydrogens (tertiary/aromatic N) is 2. The molecular formula is C23H28N2. The minimum Gasteiger partial charge on any atom is -0.290 e. The topological polar surface area (TPSA) is 6.48 Å². The summed E-state index contributed by atoms with van der Waals surface area (Å²) in [6.07, 6.45) is 2.17. The van der Waals surface area contributed by atoms with Crippen molar-refractivity contribution in [2.45, 2.75) is 25.8 Å². The van der Waals surface area contributed by atoms with E-state index in [1.165, 1.54) is 11.1 Å². The van der Waals surface area contributed by atoms with E-state index in [1.54, 1.807) is 0 Å². The van der Waals surface area contributed by atoms with Crippen molar-refractivity contribution < 1.29 is 0 Å². The fraction of sp³-hybridized carbons (Fsp3) is 0.391. The average molecular weight is 332 g/mol. The third-order valence-electron chi connectivity index (χ3n) is 4.81. The standard InChI is InChI=1S/C23H28N2/c1-2-3-4-11-16-24-17-19-25(20-18-24)23(21-12-7-5-8-13-21)22-14-9-6-10-15-22/h5-10,12-15,23H,2-3,16-20H2,1H3. The molecule has 2 aromatic carbocycles. The monoisotopic (exact) mass is 332 g/mol. The van der Waals surface area contributed by atoms with E-state index in [9.17, 15) is 0 Å². The van der Waals surface area contributed by atoms with Crippen molar-refractivity contribution in [3.63, 3.8) is 0 Å². The first kappa shape index (κ1) is 17.7. The molecule has 0 aliphatic carbocycles. The largest absolute Gasteiger partial charge is 0.290 e. The molecule has 0 atom stereocenters. The first-order chi connectivity index (χ1) is 12.4. The van der Waals surface area contributed by atoms with Gasteiger partial charge in [0, 0.05) is 32.6 Å².